The van der Waals surface area contributed by atoms with Gasteiger partial charge in [-0.1, -0.05) is 47.2 Å². The van der Waals surface area contributed by atoms with E-state index in [4.69, 9.17) is 14.2 Å². The van der Waals surface area contributed by atoms with Gasteiger partial charge in [0.15, 0.2) is 16.3 Å². The molecule has 8 nitrogen and oxygen atoms in total. The number of methoxy groups -OCH3 is 2. The number of hydrogen-bond donors (Lipinski definition) is 0. The maximum atomic E-state index is 13.6. The molecule has 0 N–H and O–H groups in total. The van der Waals surface area contributed by atoms with Crippen LogP contribution in [0.5, 0.6) is 11.5 Å². The van der Waals surface area contributed by atoms with E-state index >= 15 is 0 Å². The van der Waals surface area contributed by atoms with E-state index in [2.05, 4.69) is 4.99 Å². The molecule has 3 aromatic rings. The minimum atomic E-state index is -0.806. The van der Waals surface area contributed by atoms with E-state index in [1.165, 1.54) is 37.0 Å². The molecular weight excluding hydrogens is 468 g/mol. The minimum Gasteiger partial charge on any atom is -0.493 e. The van der Waals surface area contributed by atoms with Crippen molar-refractivity contribution in [3.63, 3.8) is 0 Å². The van der Waals surface area contributed by atoms with Crippen molar-refractivity contribution in [1.29, 1.82) is 0 Å². The van der Waals surface area contributed by atoms with Crippen LogP contribution in [0.25, 0.3) is 6.08 Å². The second-order valence-electron chi connectivity index (χ2n) is 7.99. The number of allylic oxidation sites excluding steroid dienone is 1. The number of benzene rings is 2. The molecule has 1 aromatic heterocycles. The molecule has 0 amide bonds. The topological polar surface area (TPSA) is 96.2 Å². The second-order valence-corrected chi connectivity index (χ2v) is 9.00. The molecule has 0 saturated carbocycles. The lowest BCUT2D eigenvalue weighted by Gasteiger charge is -2.25. The number of aromatic nitrogens is 1. The lowest BCUT2D eigenvalue weighted by molar-refractivity contribution is -0.136. The summed E-state index contributed by atoms with van der Waals surface area (Å²) >= 11 is 1.25. The van der Waals surface area contributed by atoms with Gasteiger partial charge in [-0.05, 0) is 43.2 Å². The monoisotopic (exact) mass is 492 g/mol. The molecule has 2 heterocycles. The fourth-order valence-corrected chi connectivity index (χ4v) is 4.96. The quantitative estimate of drug-likeness (QED) is 0.401. The predicted octanol–water partition coefficient (Wildman–Crippen LogP) is 2.65. The summed E-state index contributed by atoms with van der Waals surface area (Å²) in [4.78, 5) is 42.9. The molecule has 180 valence electrons. The first-order valence-electron chi connectivity index (χ1n) is 10.8. The van der Waals surface area contributed by atoms with E-state index in [1.807, 2.05) is 37.3 Å². The fourth-order valence-electron chi connectivity index (χ4n) is 3.92. The molecule has 0 bridgehead atoms. The van der Waals surface area contributed by atoms with Crippen LogP contribution in [0.3, 0.4) is 0 Å². The summed E-state index contributed by atoms with van der Waals surface area (Å²) in [6.07, 6.45) is 1.81. The number of hydrogen-bond acceptors (Lipinski definition) is 8. The molecule has 0 saturated heterocycles. The number of fused-ring (bicyclic) bond motifs is 1. The summed E-state index contributed by atoms with van der Waals surface area (Å²) in [7, 11) is 2.73. The van der Waals surface area contributed by atoms with Crippen LogP contribution in [0.2, 0.25) is 0 Å². The summed E-state index contributed by atoms with van der Waals surface area (Å²) in [5.74, 6) is -0.563. The number of esters is 2. The van der Waals surface area contributed by atoms with Gasteiger partial charge in [0.2, 0.25) is 0 Å². The molecule has 0 aliphatic carbocycles. The zero-order valence-corrected chi connectivity index (χ0v) is 20.8. The minimum absolute atomic E-state index is 0.232. The molecule has 9 heteroatoms. The Kier molecular flexibility index (Phi) is 6.70. The van der Waals surface area contributed by atoms with Gasteiger partial charge in [0.05, 0.1) is 36.1 Å². The van der Waals surface area contributed by atoms with Crippen molar-refractivity contribution in [2.75, 3.05) is 14.2 Å². The number of nitrogens with zero attached hydrogens (tertiary/aromatic N) is 2. The standard InChI is InChI=1S/C26H24N2O6S/c1-14-6-8-17(9-7-14)12-21-24(30)28-23(22(25(31)33-5)15(2)27-26(28)35-21)18-10-11-19(34-16(3)29)20(13-18)32-4/h6-13,23H,1-5H3/b21-12-. The van der Waals surface area contributed by atoms with Crippen molar-refractivity contribution in [2.45, 2.75) is 26.8 Å². The number of thiazole rings is 1. The Bertz CT molecular complexity index is 1530. The van der Waals surface area contributed by atoms with Crippen LogP contribution in [0.4, 0.5) is 0 Å². The average Bonchev–Trinajstić information content (AvgIpc) is 3.13. The third kappa shape index (κ3) is 4.67. The molecule has 4 rings (SSSR count). The smallest absolute Gasteiger partial charge is 0.338 e. The fraction of sp³-hybridized carbons (Fsp3) is 0.231. The summed E-state index contributed by atoms with van der Waals surface area (Å²) in [6, 6.07) is 11.9. The van der Waals surface area contributed by atoms with Gasteiger partial charge in [0, 0.05) is 6.92 Å². The summed E-state index contributed by atoms with van der Waals surface area (Å²) in [6.45, 7) is 5.00. The van der Waals surface area contributed by atoms with Gasteiger partial charge in [0.25, 0.3) is 5.56 Å². The summed E-state index contributed by atoms with van der Waals surface area (Å²) < 4.78 is 17.6. The maximum absolute atomic E-state index is 13.6. The number of carbonyl (C=O) groups is 2. The van der Waals surface area contributed by atoms with Crippen molar-refractivity contribution in [2.24, 2.45) is 4.99 Å². The normalized spacial score (nSPS) is 15.3. The average molecular weight is 493 g/mol. The van der Waals surface area contributed by atoms with Gasteiger partial charge in [-0.25, -0.2) is 9.79 Å². The summed E-state index contributed by atoms with van der Waals surface area (Å²) in [5.41, 5.74) is 2.99. The highest BCUT2D eigenvalue weighted by Crippen LogP contribution is 2.36. The van der Waals surface area contributed by atoms with E-state index in [9.17, 15) is 14.4 Å². The number of rotatable bonds is 5. The largest absolute Gasteiger partial charge is 0.493 e. The lowest BCUT2D eigenvalue weighted by atomic mass is 9.95. The van der Waals surface area contributed by atoms with E-state index in [0.717, 1.165) is 11.1 Å². The molecule has 0 fully saturated rings. The third-order valence-electron chi connectivity index (χ3n) is 5.56. The molecule has 0 spiro atoms. The first kappa shape index (κ1) is 24.2. The molecule has 35 heavy (non-hydrogen) atoms. The Morgan fingerprint density at radius 1 is 1.06 bits per heavy atom. The molecule has 1 aliphatic heterocycles. The number of carbonyl (C=O) groups excluding carboxylic acids is 2. The van der Waals surface area contributed by atoms with Crippen LogP contribution >= 0.6 is 11.3 Å². The lowest BCUT2D eigenvalue weighted by Crippen LogP contribution is -2.39. The Morgan fingerprint density at radius 3 is 2.40 bits per heavy atom. The van der Waals surface area contributed by atoms with Crippen molar-refractivity contribution < 1.29 is 23.8 Å². The van der Waals surface area contributed by atoms with Crippen LogP contribution in [0.15, 0.2) is 63.5 Å². The Labute approximate surface area is 205 Å². The SMILES string of the molecule is COC(=O)C1=C(C)N=c2s/c(=C\c3ccc(C)cc3)c(=O)n2C1c1ccc(OC(C)=O)c(OC)c1. The van der Waals surface area contributed by atoms with Crippen LogP contribution in [0.1, 0.15) is 36.6 Å². The van der Waals surface area contributed by atoms with E-state index in [-0.39, 0.29) is 16.9 Å². The van der Waals surface area contributed by atoms with E-state index < -0.39 is 18.0 Å². The Hall–Kier alpha value is -3.98. The van der Waals surface area contributed by atoms with Gasteiger partial charge in [0.1, 0.15) is 0 Å². The van der Waals surface area contributed by atoms with Crippen molar-refractivity contribution in [3.8, 4) is 11.5 Å². The predicted molar refractivity (Wildman–Crippen MR) is 131 cm³/mol. The van der Waals surface area contributed by atoms with Gasteiger partial charge in [-0.2, -0.15) is 0 Å². The molecule has 2 aromatic carbocycles. The maximum Gasteiger partial charge on any atom is 0.338 e. The van der Waals surface area contributed by atoms with Crippen molar-refractivity contribution >= 4 is 29.4 Å². The first-order valence-corrected chi connectivity index (χ1v) is 11.6. The van der Waals surface area contributed by atoms with E-state index in [0.29, 0.717) is 26.3 Å². The number of ether oxygens (including phenoxy) is 3. The van der Waals surface area contributed by atoms with Gasteiger partial charge < -0.3 is 14.2 Å². The molecule has 0 radical (unpaired) electrons. The zero-order chi connectivity index (χ0) is 25.3. The van der Waals surface area contributed by atoms with Crippen LogP contribution < -0.4 is 24.4 Å². The highest BCUT2D eigenvalue weighted by atomic mass is 32.1. The van der Waals surface area contributed by atoms with Gasteiger partial charge in [-0.15, -0.1) is 0 Å². The highest BCUT2D eigenvalue weighted by molar-refractivity contribution is 7.07. The second kappa shape index (κ2) is 9.71. The van der Waals surface area contributed by atoms with Gasteiger partial charge in [-0.3, -0.25) is 14.2 Å². The molecule has 1 aliphatic rings. The van der Waals surface area contributed by atoms with Crippen LogP contribution in [0, 0.1) is 6.92 Å². The molecule has 1 unspecified atom stereocenters. The van der Waals surface area contributed by atoms with Gasteiger partial charge >= 0.3 is 11.9 Å². The number of aryl methyl sites for hydroxylation is 1. The molecular formula is C26H24N2O6S. The molecule has 1 atom stereocenters. The summed E-state index contributed by atoms with van der Waals surface area (Å²) in [5, 5.41) is 0. The Morgan fingerprint density at radius 2 is 1.77 bits per heavy atom. The van der Waals surface area contributed by atoms with Crippen molar-refractivity contribution in [1.82, 2.24) is 4.57 Å². The Balaban J connectivity index is 1.95. The van der Waals surface area contributed by atoms with E-state index in [1.54, 1.807) is 25.1 Å². The highest BCUT2D eigenvalue weighted by Gasteiger charge is 2.33. The van der Waals surface area contributed by atoms with Crippen molar-refractivity contribution in [3.05, 3.63) is 90.1 Å². The zero-order valence-electron chi connectivity index (χ0n) is 19.9. The van der Waals surface area contributed by atoms with Crippen LogP contribution in [-0.2, 0) is 14.3 Å². The van der Waals surface area contributed by atoms with Crippen LogP contribution in [-0.4, -0.2) is 30.7 Å². The first-order chi connectivity index (χ1) is 16.7. The third-order valence-corrected chi connectivity index (χ3v) is 6.54.